The molecule has 2 aromatic heterocycles. The molecule has 0 bridgehead atoms. The van der Waals surface area contributed by atoms with Crippen molar-refractivity contribution < 1.29 is 4.79 Å². The standard InChI is InChI=1S/C19H16N4OS/c1-12-15(13-6-3-2-4-7-13)16(12)18(24)22-10-14-11-25-19(23-14)17-20-8-5-9-21-17/h2-9,11,16H,10H2,1H3,(H,22,24). The van der Waals surface area contributed by atoms with E-state index in [-0.39, 0.29) is 11.8 Å². The van der Waals surface area contributed by atoms with Crippen molar-refractivity contribution in [3.8, 4) is 10.8 Å². The zero-order valence-corrected chi connectivity index (χ0v) is 14.5. The summed E-state index contributed by atoms with van der Waals surface area (Å²) in [7, 11) is 0. The minimum absolute atomic E-state index is 0.0295. The van der Waals surface area contributed by atoms with Crippen molar-refractivity contribution in [3.63, 3.8) is 0 Å². The van der Waals surface area contributed by atoms with Crippen LogP contribution < -0.4 is 5.32 Å². The van der Waals surface area contributed by atoms with Crippen LogP contribution in [0.2, 0.25) is 0 Å². The minimum atomic E-state index is -0.113. The minimum Gasteiger partial charge on any atom is -0.350 e. The van der Waals surface area contributed by atoms with Crippen molar-refractivity contribution in [3.05, 3.63) is 71.0 Å². The summed E-state index contributed by atoms with van der Waals surface area (Å²) in [6.07, 6.45) is 3.38. The van der Waals surface area contributed by atoms with Crippen LogP contribution in [-0.4, -0.2) is 20.9 Å². The molecule has 4 rings (SSSR count). The third-order valence-corrected chi connectivity index (χ3v) is 5.05. The molecule has 124 valence electrons. The first kappa shape index (κ1) is 15.7. The van der Waals surface area contributed by atoms with Gasteiger partial charge in [0.2, 0.25) is 5.91 Å². The lowest BCUT2D eigenvalue weighted by atomic mass is 10.1. The number of nitrogens with zero attached hydrogens (tertiary/aromatic N) is 3. The average Bonchev–Trinajstić information content (AvgIpc) is 3.11. The number of amides is 1. The summed E-state index contributed by atoms with van der Waals surface area (Å²) in [6.45, 7) is 2.42. The van der Waals surface area contributed by atoms with E-state index < -0.39 is 0 Å². The molecular weight excluding hydrogens is 332 g/mol. The van der Waals surface area contributed by atoms with Crippen molar-refractivity contribution in [2.45, 2.75) is 13.5 Å². The molecule has 0 saturated carbocycles. The molecular formula is C19H16N4OS. The topological polar surface area (TPSA) is 67.8 Å². The molecule has 3 aromatic rings. The van der Waals surface area contributed by atoms with Gasteiger partial charge in [0.15, 0.2) is 10.8 Å². The summed E-state index contributed by atoms with van der Waals surface area (Å²) in [6, 6.07) is 11.8. The Morgan fingerprint density at radius 3 is 2.68 bits per heavy atom. The van der Waals surface area contributed by atoms with Gasteiger partial charge in [-0.3, -0.25) is 4.79 Å². The zero-order valence-electron chi connectivity index (χ0n) is 13.6. The highest BCUT2D eigenvalue weighted by molar-refractivity contribution is 7.13. The maximum Gasteiger partial charge on any atom is 0.232 e. The Hall–Kier alpha value is -2.86. The molecule has 5 nitrogen and oxygen atoms in total. The van der Waals surface area contributed by atoms with Crippen molar-refractivity contribution in [2.75, 3.05) is 0 Å². The van der Waals surface area contributed by atoms with Crippen LogP contribution in [0.25, 0.3) is 16.4 Å². The lowest BCUT2D eigenvalue weighted by Crippen LogP contribution is -2.26. The largest absolute Gasteiger partial charge is 0.350 e. The molecule has 6 heteroatoms. The molecule has 0 aliphatic heterocycles. The second-order valence-electron chi connectivity index (χ2n) is 5.83. The van der Waals surface area contributed by atoms with Gasteiger partial charge >= 0.3 is 0 Å². The Labute approximate surface area is 149 Å². The maximum absolute atomic E-state index is 12.4. The number of hydrogen-bond donors (Lipinski definition) is 1. The third kappa shape index (κ3) is 3.21. The van der Waals surface area contributed by atoms with E-state index in [1.54, 1.807) is 18.5 Å². The number of rotatable bonds is 5. The van der Waals surface area contributed by atoms with E-state index in [0.29, 0.717) is 12.4 Å². The highest BCUT2D eigenvalue weighted by Crippen LogP contribution is 2.46. The summed E-state index contributed by atoms with van der Waals surface area (Å²) in [5.41, 5.74) is 4.22. The van der Waals surface area contributed by atoms with Crippen LogP contribution in [0, 0.1) is 5.92 Å². The number of hydrogen-bond acceptors (Lipinski definition) is 5. The van der Waals surface area contributed by atoms with E-state index in [4.69, 9.17) is 0 Å². The Kier molecular flexibility index (Phi) is 4.11. The van der Waals surface area contributed by atoms with Gasteiger partial charge in [-0.25, -0.2) is 15.0 Å². The predicted molar refractivity (Wildman–Crippen MR) is 97.5 cm³/mol. The Morgan fingerprint density at radius 1 is 1.16 bits per heavy atom. The van der Waals surface area contributed by atoms with E-state index in [9.17, 15) is 4.79 Å². The molecule has 2 heterocycles. The van der Waals surface area contributed by atoms with Crippen LogP contribution >= 0.6 is 11.3 Å². The van der Waals surface area contributed by atoms with Gasteiger partial charge in [-0.05, 0) is 24.1 Å². The fraction of sp³-hybridized carbons (Fsp3) is 0.158. The number of nitrogens with one attached hydrogen (secondary N) is 1. The van der Waals surface area contributed by atoms with Crippen molar-refractivity contribution >= 4 is 22.8 Å². The Bertz CT molecular complexity index is 934. The zero-order chi connectivity index (χ0) is 17.2. The number of carbonyl (C=O) groups excluding carboxylic acids is 1. The quantitative estimate of drug-likeness (QED) is 0.768. The lowest BCUT2D eigenvalue weighted by Gasteiger charge is -2.04. The summed E-state index contributed by atoms with van der Waals surface area (Å²) in [5, 5.41) is 5.67. The number of carbonyl (C=O) groups is 1. The molecule has 1 unspecified atom stereocenters. The molecule has 1 N–H and O–H groups in total. The number of thiazole rings is 1. The van der Waals surface area contributed by atoms with E-state index in [1.165, 1.54) is 11.3 Å². The molecule has 25 heavy (non-hydrogen) atoms. The Balaban J connectivity index is 1.37. The third-order valence-electron chi connectivity index (χ3n) is 4.16. The van der Waals surface area contributed by atoms with Crippen LogP contribution in [0.15, 0.2) is 59.7 Å². The monoisotopic (exact) mass is 348 g/mol. The fourth-order valence-corrected chi connectivity index (χ4v) is 3.61. The van der Waals surface area contributed by atoms with Crippen molar-refractivity contribution in [1.29, 1.82) is 0 Å². The first-order valence-electron chi connectivity index (χ1n) is 7.99. The van der Waals surface area contributed by atoms with E-state index in [0.717, 1.165) is 27.4 Å². The van der Waals surface area contributed by atoms with Gasteiger partial charge in [0, 0.05) is 17.8 Å². The van der Waals surface area contributed by atoms with E-state index in [1.807, 2.05) is 42.6 Å². The van der Waals surface area contributed by atoms with Gasteiger partial charge in [-0.15, -0.1) is 11.3 Å². The lowest BCUT2D eigenvalue weighted by molar-refractivity contribution is -0.121. The fourth-order valence-electron chi connectivity index (χ4n) is 2.85. The van der Waals surface area contributed by atoms with Crippen LogP contribution in [0.1, 0.15) is 18.2 Å². The van der Waals surface area contributed by atoms with E-state index in [2.05, 4.69) is 20.3 Å². The molecule has 1 aliphatic carbocycles. The second kappa shape index (κ2) is 6.57. The van der Waals surface area contributed by atoms with Gasteiger partial charge in [-0.1, -0.05) is 35.9 Å². The maximum atomic E-state index is 12.4. The first-order valence-corrected chi connectivity index (χ1v) is 8.87. The van der Waals surface area contributed by atoms with Gasteiger partial charge in [0.05, 0.1) is 18.2 Å². The molecule has 1 amide bonds. The summed E-state index contributed by atoms with van der Waals surface area (Å²) in [5.74, 6) is 0.524. The van der Waals surface area contributed by atoms with Crippen LogP contribution in [-0.2, 0) is 11.3 Å². The molecule has 1 aromatic carbocycles. The van der Waals surface area contributed by atoms with E-state index >= 15 is 0 Å². The number of benzene rings is 1. The Morgan fingerprint density at radius 2 is 1.92 bits per heavy atom. The summed E-state index contributed by atoms with van der Waals surface area (Å²) in [4.78, 5) is 25.3. The first-order chi connectivity index (χ1) is 12.2. The molecule has 0 spiro atoms. The SMILES string of the molecule is CC1=C(c2ccccc2)C1C(=O)NCc1csc(-c2ncccn2)n1. The highest BCUT2D eigenvalue weighted by Gasteiger charge is 2.39. The van der Waals surface area contributed by atoms with Crippen molar-refractivity contribution in [1.82, 2.24) is 20.3 Å². The molecule has 0 fully saturated rings. The van der Waals surface area contributed by atoms with Gasteiger partial charge in [0.1, 0.15) is 0 Å². The second-order valence-corrected chi connectivity index (χ2v) is 6.69. The normalized spacial score (nSPS) is 16.0. The summed E-state index contributed by atoms with van der Waals surface area (Å²) < 4.78 is 0. The molecule has 1 atom stereocenters. The number of aromatic nitrogens is 3. The summed E-state index contributed by atoms with van der Waals surface area (Å²) >= 11 is 1.48. The smallest absolute Gasteiger partial charge is 0.232 e. The van der Waals surface area contributed by atoms with Crippen molar-refractivity contribution in [2.24, 2.45) is 5.92 Å². The van der Waals surface area contributed by atoms with Gasteiger partial charge in [-0.2, -0.15) is 0 Å². The molecule has 0 saturated heterocycles. The molecule has 1 aliphatic rings. The van der Waals surface area contributed by atoms with Crippen LogP contribution in [0.5, 0.6) is 0 Å². The molecule has 0 radical (unpaired) electrons. The average molecular weight is 348 g/mol. The highest BCUT2D eigenvalue weighted by atomic mass is 32.1. The predicted octanol–water partition coefficient (Wildman–Crippen LogP) is 3.32. The van der Waals surface area contributed by atoms with Gasteiger partial charge in [0.25, 0.3) is 0 Å². The van der Waals surface area contributed by atoms with Crippen LogP contribution in [0.3, 0.4) is 0 Å². The van der Waals surface area contributed by atoms with Gasteiger partial charge < -0.3 is 5.32 Å². The van der Waals surface area contributed by atoms with Crippen LogP contribution in [0.4, 0.5) is 0 Å².